The molecule has 8 nitrogen and oxygen atoms in total. The number of nitriles is 1. The summed E-state index contributed by atoms with van der Waals surface area (Å²) >= 11 is 5.89. The molecular formula is C15H9ClN6O2. The molecule has 0 aliphatic rings. The van der Waals surface area contributed by atoms with Crippen molar-refractivity contribution in [1.82, 2.24) is 20.0 Å². The van der Waals surface area contributed by atoms with Crippen molar-refractivity contribution in [3.8, 4) is 11.8 Å². The zero-order chi connectivity index (χ0) is 17.1. The summed E-state index contributed by atoms with van der Waals surface area (Å²) < 4.78 is 0. The summed E-state index contributed by atoms with van der Waals surface area (Å²) in [6, 6.07) is 9.98. The van der Waals surface area contributed by atoms with Crippen molar-refractivity contribution in [2.24, 2.45) is 0 Å². The second-order valence-electron chi connectivity index (χ2n) is 4.63. The van der Waals surface area contributed by atoms with Gasteiger partial charge in [-0.15, -0.1) is 0 Å². The number of carboxylic acids is 1. The van der Waals surface area contributed by atoms with Crippen molar-refractivity contribution in [3.63, 3.8) is 0 Å². The van der Waals surface area contributed by atoms with E-state index in [4.69, 9.17) is 16.9 Å². The van der Waals surface area contributed by atoms with Crippen LogP contribution in [0.2, 0.25) is 5.15 Å². The fourth-order valence-electron chi connectivity index (χ4n) is 2.02. The molecule has 24 heavy (non-hydrogen) atoms. The van der Waals surface area contributed by atoms with Gasteiger partial charge >= 0.3 is 5.97 Å². The van der Waals surface area contributed by atoms with Gasteiger partial charge in [0.05, 0.1) is 23.6 Å². The molecule has 3 rings (SSSR count). The number of benzene rings is 1. The molecule has 0 radical (unpaired) electrons. The summed E-state index contributed by atoms with van der Waals surface area (Å²) in [6.45, 7) is 0. The van der Waals surface area contributed by atoms with Crippen LogP contribution < -0.4 is 5.32 Å². The second kappa shape index (κ2) is 6.36. The number of pyridine rings is 1. The van der Waals surface area contributed by atoms with Gasteiger partial charge in [0, 0.05) is 5.69 Å². The standard InChI is InChI=1S/C15H9ClN6O2/c16-13-9(8-17)6-12(15(23)24)14(21-13)20-10-2-1-3-11(7-10)22-18-4-5-19-22/h1-7H,(H,20,21)(H,23,24). The lowest BCUT2D eigenvalue weighted by atomic mass is 10.2. The van der Waals surface area contributed by atoms with Crippen LogP contribution in [-0.2, 0) is 0 Å². The number of halogens is 1. The van der Waals surface area contributed by atoms with Crippen LogP contribution in [0, 0.1) is 11.3 Å². The Hall–Kier alpha value is -3.44. The van der Waals surface area contributed by atoms with Crippen molar-refractivity contribution < 1.29 is 9.90 Å². The average Bonchev–Trinajstić information content (AvgIpc) is 3.09. The minimum atomic E-state index is -1.22. The van der Waals surface area contributed by atoms with Crippen LogP contribution in [0.4, 0.5) is 11.5 Å². The molecule has 3 aromatic rings. The Morgan fingerprint density at radius 3 is 2.71 bits per heavy atom. The molecule has 0 fully saturated rings. The lowest BCUT2D eigenvalue weighted by molar-refractivity contribution is 0.0697. The van der Waals surface area contributed by atoms with Crippen LogP contribution in [0.1, 0.15) is 15.9 Å². The van der Waals surface area contributed by atoms with Crippen molar-refractivity contribution in [3.05, 3.63) is 59.0 Å². The Balaban J connectivity index is 2.00. The third-order valence-corrected chi connectivity index (χ3v) is 3.37. The van der Waals surface area contributed by atoms with Gasteiger partial charge in [-0.05, 0) is 24.3 Å². The van der Waals surface area contributed by atoms with Crippen LogP contribution >= 0.6 is 11.6 Å². The molecule has 0 unspecified atom stereocenters. The SMILES string of the molecule is N#Cc1cc(C(=O)O)c(Nc2cccc(-n3nccn3)c2)nc1Cl. The summed E-state index contributed by atoms with van der Waals surface area (Å²) in [5.41, 5.74) is 1.09. The molecule has 118 valence electrons. The quantitative estimate of drug-likeness (QED) is 0.701. The minimum Gasteiger partial charge on any atom is -0.478 e. The van der Waals surface area contributed by atoms with Crippen LogP contribution in [0.5, 0.6) is 0 Å². The molecule has 0 aliphatic carbocycles. The predicted octanol–water partition coefficient (Wildman–Crippen LogP) is 2.63. The van der Waals surface area contributed by atoms with Gasteiger partial charge in [-0.1, -0.05) is 17.7 Å². The number of aromatic carboxylic acids is 1. The predicted molar refractivity (Wildman–Crippen MR) is 85.6 cm³/mol. The van der Waals surface area contributed by atoms with Crippen LogP contribution in [0.3, 0.4) is 0 Å². The summed E-state index contributed by atoms with van der Waals surface area (Å²) in [4.78, 5) is 16.8. The van der Waals surface area contributed by atoms with E-state index >= 15 is 0 Å². The van der Waals surface area contributed by atoms with Gasteiger partial charge in [0.2, 0.25) is 0 Å². The number of anilines is 2. The monoisotopic (exact) mass is 340 g/mol. The summed E-state index contributed by atoms with van der Waals surface area (Å²) in [6.07, 6.45) is 3.09. The van der Waals surface area contributed by atoms with Gasteiger partial charge in [-0.3, -0.25) is 0 Å². The first kappa shape index (κ1) is 15.5. The summed E-state index contributed by atoms with van der Waals surface area (Å²) in [5, 5.41) is 29.1. The van der Waals surface area contributed by atoms with Gasteiger partial charge in [0.15, 0.2) is 0 Å². The molecule has 0 bridgehead atoms. The Labute approximate surface area is 140 Å². The number of hydrogen-bond donors (Lipinski definition) is 2. The minimum absolute atomic E-state index is 0.00546. The molecule has 0 saturated carbocycles. The highest BCUT2D eigenvalue weighted by molar-refractivity contribution is 6.30. The number of rotatable bonds is 4. The number of carboxylic acid groups (broad SMARTS) is 1. The topological polar surface area (TPSA) is 117 Å². The van der Waals surface area contributed by atoms with Crippen LogP contribution in [-0.4, -0.2) is 31.1 Å². The van der Waals surface area contributed by atoms with E-state index < -0.39 is 5.97 Å². The van der Waals surface area contributed by atoms with E-state index in [2.05, 4.69) is 20.5 Å². The molecule has 1 aromatic carbocycles. The number of hydrogen-bond acceptors (Lipinski definition) is 6. The summed E-state index contributed by atoms with van der Waals surface area (Å²) in [5.74, 6) is -1.18. The maximum Gasteiger partial charge on any atom is 0.339 e. The Morgan fingerprint density at radius 1 is 1.29 bits per heavy atom. The van der Waals surface area contributed by atoms with E-state index in [0.717, 1.165) is 0 Å². The van der Waals surface area contributed by atoms with Gasteiger partial charge < -0.3 is 10.4 Å². The number of carbonyl (C=O) groups is 1. The Kier molecular flexibility index (Phi) is 4.09. The normalized spacial score (nSPS) is 10.2. The first-order valence-electron chi connectivity index (χ1n) is 6.66. The molecule has 9 heteroatoms. The van der Waals surface area contributed by atoms with E-state index in [0.29, 0.717) is 11.4 Å². The van der Waals surface area contributed by atoms with E-state index in [-0.39, 0.29) is 22.1 Å². The zero-order valence-corrected chi connectivity index (χ0v) is 12.8. The highest BCUT2D eigenvalue weighted by Crippen LogP contribution is 2.25. The van der Waals surface area contributed by atoms with Crippen molar-refractivity contribution in [2.45, 2.75) is 0 Å². The second-order valence-corrected chi connectivity index (χ2v) is 4.99. The Bertz CT molecular complexity index is 949. The highest BCUT2D eigenvalue weighted by atomic mass is 35.5. The number of nitrogens with zero attached hydrogens (tertiary/aromatic N) is 5. The maximum atomic E-state index is 11.4. The van der Waals surface area contributed by atoms with E-state index in [1.165, 1.54) is 10.9 Å². The van der Waals surface area contributed by atoms with Gasteiger partial charge in [0.25, 0.3) is 0 Å². The smallest absolute Gasteiger partial charge is 0.339 e. The molecule has 2 N–H and O–H groups in total. The highest BCUT2D eigenvalue weighted by Gasteiger charge is 2.16. The molecule has 0 atom stereocenters. The lowest BCUT2D eigenvalue weighted by Crippen LogP contribution is -2.07. The number of aromatic nitrogens is 4. The molecule has 0 saturated heterocycles. The first-order chi connectivity index (χ1) is 11.6. The van der Waals surface area contributed by atoms with Crippen LogP contribution in [0.15, 0.2) is 42.7 Å². The van der Waals surface area contributed by atoms with E-state index in [1.54, 1.807) is 42.7 Å². The molecular weight excluding hydrogens is 332 g/mol. The van der Waals surface area contributed by atoms with Crippen molar-refractivity contribution in [1.29, 1.82) is 5.26 Å². The molecule has 0 aliphatic heterocycles. The fraction of sp³-hybridized carbons (Fsp3) is 0. The molecule has 2 aromatic heterocycles. The Morgan fingerprint density at radius 2 is 2.04 bits per heavy atom. The first-order valence-corrected chi connectivity index (χ1v) is 7.04. The molecule has 0 amide bonds. The lowest BCUT2D eigenvalue weighted by Gasteiger charge is -2.11. The fourth-order valence-corrected chi connectivity index (χ4v) is 2.20. The number of nitrogens with one attached hydrogen (secondary N) is 1. The summed E-state index contributed by atoms with van der Waals surface area (Å²) in [7, 11) is 0. The van der Waals surface area contributed by atoms with Crippen molar-refractivity contribution >= 4 is 29.1 Å². The zero-order valence-electron chi connectivity index (χ0n) is 12.0. The third kappa shape index (κ3) is 3.02. The van der Waals surface area contributed by atoms with E-state index in [1.807, 2.05) is 0 Å². The van der Waals surface area contributed by atoms with Gasteiger partial charge in [-0.25, -0.2) is 9.78 Å². The molecule has 0 spiro atoms. The van der Waals surface area contributed by atoms with Crippen LogP contribution in [0.25, 0.3) is 5.69 Å². The third-order valence-electron chi connectivity index (χ3n) is 3.09. The maximum absolute atomic E-state index is 11.4. The van der Waals surface area contributed by atoms with Gasteiger partial charge in [-0.2, -0.15) is 20.3 Å². The largest absolute Gasteiger partial charge is 0.478 e. The molecule has 2 heterocycles. The average molecular weight is 341 g/mol. The van der Waals surface area contributed by atoms with Crippen molar-refractivity contribution in [2.75, 3.05) is 5.32 Å². The van der Waals surface area contributed by atoms with Gasteiger partial charge in [0.1, 0.15) is 22.6 Å². The van der Waals surface area contributed by atoms with E-state index in [9.17, 15) is 9.90 Å².